The summed E-state index contributed by atoms with van der Waals surface area (Å²) in [6, 6.07) is 7.62. The van der Waals surface area contributed by atoms with Crippen LogP contribution in [-0.2, 0) is 4.79 Å². The van der Waals surface area contributed by atoms with Crippen molar-refractivity contribution in [2.75, 3.05) is 38.1 Å². The van der Waals surface area contributed by atoms with Gasteiger partial charge in [0.05, 0.1) is 17.8 Å². The first-order chi connectivity index (χ1) is 12.5. The Labute approximate surface area is 155 Å². The number of amides is 2. The van der Waals surface area contributed by atoms with Gasteiger partial charge < -0.3 is 9.80 Å². The van der Waals surface area contributed by atoms with Gasteiger partial charge in [-0.3, -0.25) is 14.5 Å². The molecule has 1 aromatic carbocycles. The molecule has 0 N–H and O–H groups in total. The highest BCUT2D eigenvalue weighted by Crippen LogP contribution is 2.34. The van der Waals surface area contributed by atoms with Crippen LogP contribution < -0.4 is 4.90 Å². The van der Waals surface area contributed by atoms with E-state index in [4.69, 9.17) is 0 Å². The molecule has 2 aromatic rings. The van der Waals surface area contributed by atoms with E-state index < -0.39 is 0 Å². The zero-order valence-electron chi connectivity index (χ0n) is 14.5. The van der Waals surface area contributed by atoms with Crippen LogP contribution >= 0.6 is 11.3 Å². The number of hydrogen-bond donors (Lipinski definition) is 0. The molecule has 0 saturated carbocycles. The Bertz CT molecular complexity index is 824. The summed E-state index contributed by atoms with van der Waals surface area (Å²) in [6.45, 7) is 2.11. The number of anilines is 1. The number of hydrogen-bond acceptors (Lipinski definition) is 4. The third-order valence-electron chi connectivity index (χ3n) is 5.46. The average Bonchev–Trinajstić information content (AvgIpc) is 3.29. The maximum absolute atomic E-state index is 13.1. The van der Waals surface area contributed by atoms with E-state index in [9.17, 15) is 14.0 Å². The Kier molecular flexibility index (Phi) is 4.28. The zero-order chi connectivity index (χ0) is 18.3. The lowest BCUT2D eigenvalue weighted by Gasteiger charge is -2.46. The Morgan fingerprint density at radius 3 is 2.65 bits per heavy atom. The van der Waals surface area contributed by atoms with Crippen molar-refractivity contribution in [3.05, 3.63) is 52.5 Å². The molecule has 2 aliphatic heterocycles. The van der Waals surface area contributed by atoms with Gasteiger partial charge in [0.2, 0.25) is 5.91 Å². The number of carbonyl (C=O) groups excluding carboxylic acids is 2. The number of nitrogens with zero attached hydrogens (tertiary/aromatic N) is 3. The molecular weight excluding hydrogens is 353 g/mol. The van der Waals surface area contributed by atoms with E-state index in [1.165, 1.54) is 24.3 Å². The van der Waals surface area contributed by atoms with Crippen molar-refractivity contribution in [1.82, 2.24) is 9.80 Å². The third kappa shape index (κ3) is 2.91. The van der Waals surface area contributed by atoms with E-state index in [0.29, 0.717) is 31.7 Å². The Hall–Kier alpha value is -2.25. The Morgan fingerprint density at radius 2 is 1.96 bits per heavy atom. The number of rotatable bonds is 2. The largest absolute Gasteiger partial charge is 0.337 e. The van der Waals surface area contributed by atoms with Crippen LogP contribution in [0.15, 0.2) is 41.1 Å². The molecule has 1 spiro atoms. The second-order valence-corrected chi connectivity index (χ2v) is 7.81. The minimum Gasteiger partial charge on any atom is -0.337 e. The van der Waals surface area contributed by atoms with Crippen LogP contribution in [0.4, 0.5) is 10.1 Å². The minimum absolute atomic E-state index is 0.0832. The molecule has 2 aliphatic rings. The van der Waals surface area contributed by atoms with Gasteiger partial charge in [-0.25, -0.2) is 4.39 Å². The molecule has 136 valence electrons. The summed E-state index contributed by atoms with van der Waals surface area (Å²) < 4.78 is 13.1. The molecule has 2 saturated heterocycles. The quantitative estimate of drug-likeness (QED) is 0.812. The molecule has 26 heavy (non-hydrogen) atoms. The maximum atomic E-state index is 13.1. The molecule has 0 radical (unpaired) electrons. The van der Waals surface area contributed by atoms with Gasteiger partial charge >= 0.3 is 0 Å². The molecule has 7 heteroatoms. The number of likely N-dealkylation sites (tertiary alicyclic amines) is 1. The van der Waals surface area contributed by atoms with Crippen molar-refractivity contribution in [2.45, 2.75) is 12.0 Å². The molecule has 5 nitrogen and oxygen atoms in total. The molecule has 3 heterocycles. The van der Waals surface area contributed by atoms with Crippen LogP contribution in [-0.4, -0.2) is 60.4 Å². The lowest BCUT2D eigenvalue weighted by atomic mass is 9.93. The summed E-state index contributed by atoms with van der Waals surface area (Å²) in [5.74, 6) is -0.356. The molecular formula is C19H20FN3O2S. The summed E-state index contributed by atoms with van der Waals surface area (Å²) in [4.78, 5) is 31.0. The average molecular weight is 373 g/mol. The van der Waals surface area contributed by atoms with E-state index in [0.717, 1.165) is 12.1 Å². The lowest BCUT2D eigenvalue weighted by molar-refractivity contribution is -0.123. The van der Waals surface area contributed by atoms with E-state index >= 15 is 0 Å². The van der Waals surface area contributed by atoms with Crippen molar-refractivity contribution in [2.24, 2.45) is 0 Å². The summed E-state index contributed by atoms with van der Waals surface area (Å²) >= 11 is 1.57. The van der Waals surface area contributed by atoms with Gasteiger partial charge in [0.25, 0.3) is 5.91 Å². The van der Waals surface area contributed by atoms with Crippen LogP contribution in [0.2, 0.25) is 0 Å². The van der Waals surface area contributed by atoms with Crippen molar-refractivity contribution in [1.29, 1.82) is 0 Å². The highest BCUT2D eigenvalue weighted by Gasteiger charge is 2.48. The number of piperazine rings is 1. The van der Waals surface area contributed by atoms with Crippen LogP contribution in [0.3, 0.4) is 0 Å². The van der Waals surface area contributed by atoms with E-state index in [1.54, 1.807) is 11.3 Å². The van der Waals surface area contributed by atoms with Crippen molar-refractivity contribution >= 4 is 28.8 Å². The molecule has 2 amide bonds. The maximum Gasteiger partial charge on any atom is 0.253 e. The minimum atomic E-state index is -0.351. The van der Waals surface area contributed by atoms with Crippen LogP contribution in [0, 0.1) is 5.82 Å². The molecule has 0 aliphatic carbocycles. The second-order valence-electron chi connectivity index (χ2n) is 7.03. The SMILES string of the molecule is CN1CC(=O)N(c2ccsc2)C[C@]12CCN(C(=O)c1ccc(F)cc1)C2. The van der Waals surface area contributed by atoms with Gasteiger partial charge in [0.1, 0.15) is 5.82 Å². The first-order valence-electron chi connectivity index (χ1n) is 8.57. The van der Waals surface area contributed by atoms with Crippen molar-refractivity contribution < 1.29 is 14.0 Å². The summed E-state index contributed by atoms with van der Waals surface area (Å²) in [7, 11) is 1.95. The molecule has 4 rings (SSSR count). The summed E-state index contributed by atoms with van der Waals surface area (Å²) in [5.41, 5.74) is 1.18. The lowest BCUT2D eigenvalue weighted by Crippen LogP contribution is -2.64. The van der Waals surface area contributed by atoms with Crippen LogP contribution in [0.25, 0.3) is 0 Å². The molecule has 1 aromatic heterocycles. The highest BCUT2D eigenvalue weighted by molar-refractivity contribution is 7.08. The molecule has 2 fully saturated rings. The predicted molar refractivity (Wildman–Crippen MR) is 99.0 cm³/mol. The number of benzene rings is 1. The smallest absolute Gasteiger partial charge is 0.253 e. The molecule has 0 unspecified atom stereocenters. The Balaban J connectivity index is 1.54. The fourth-order valence-electron chi connectivity index (χ4n) is 3.85. The Morgan fingerprint density at radius 1 is 1.19 bits per heavy atom. The van der Waals surface area contributed by atoms with Crippen molar-refractivity contribution in [3.8, 4) is 0 Å². The molecule has 1 atom stereocenters. The predicted octanol–water partition coefficient (Wildman–Crippen LogP) is 2.45. The standard InChI is InChI=1S/C19H20FN3O2S/c1-21-10-17(24)23(16-6-9-26-11-16)13-19(21)7-8-22(12-19)18(25)14-2-4-15(20)5-3-14/h2-6,9,11H,7-8,10,12-13H2,1H3/t19-/m1/s1. The van der Waals surface area contributed by atoms with Gasteiger partial charge in [-0.05, 0) is 49.2 Å². The summed E-state index contributed by atoms with van der Waals surface area (Å²) in [6.07, 6.45) is 0.810. The highest BCUT2D eigenvalue weighted by atomic mass is 32.1. The first-order valence-corrected chi connectivity index (χ1v) is 9.51. The van der Waals surface area contributed by atoms with Gasteiger partial charge in [0, 0.05) is 30.6 Å². The van der Waals surface area contributed by atoms with Gasteiger partial charge in [-0.2, -0.15) is 11.3 Å². The number of carbonyl (C=O) groups is 2. The van der Waals surface area contributed by atoms with Crippen LogP contribution in [0.5, 0.6) is 0 Å². The van der Waals surface area contributed by atoms with Gasteiger partial charge in [-0.15, -0.1) is 0 Å². The molecule has 0 bridgehead atoms. The van der Waals surface area contributed by atoms with Crippen molar-refractivity contribution in [3.63, 3.8) is 0 Å². The van der Waals surface area contributed by atoms with E-state index in [-0.39, 0.29) is 23.2 Å². The fraction of sp³-hybridized carbons (Fsp3) is 0.368. The number of thiophene rings is 1. The number of halogens is 1. The normalized spacial score (nSPS) is 23.8. The third-order valence-corrected chi connectivity index (χ3v) is 6.13. The van der Waals surface area contributed by atoms with Crippen LogP contribution in [0.1, 0.15) is 16.8 Å². The van der Waals surface area contributed by atoms with Gasteiger partial charge in [0.15, 0.2) is 0 Å². The second kappa shape index (κ2) is 6.48. The van der Waals surface area contributed by atoms with E-state index in [2.05, 4.69) is 4.90 Å². The summed E-state index contributed by atoms with van der Waals surface area (Å²) in [5, 5.41) is 3.94. The zero-order valence-corrected chi connectivity index (χ0v) is 15.3. The number of likely N-dealkylation sites (N-methyl/N-ethyl adjacent to an activating group) is 1. The topological polar surface area (TPSA) is 43.9 Å². The fourth-order valence-corrected chi connectivity index (χ4v) is 4.49. The van der Waals surface area contributed by atoms with E-state index in [1.807, 2.05) is 33.7 Å². The first kappa shape index (κ1) is 17.2. The van der Waals surface area contributed by atoms with Gasteiger partial charge in [-0.1, -0.05) is 0 Å². The monoisotopic (exact) mass is 373 g/mol.